The minimum Gasteiger partial charge on any atom is -0.364 e. The van der Waals surface area contributed by atoms with E-state index in [0.717, 1.165) is 23.8 Å². The van der Waals surface area contributed by atoms with Gasteiger partial charge in [0.25, 0.3) is 0 Å². The molecule has 2 heterocycles. The summed E-state index contributed by atoms with van der Waals surface area (Å²) in [6.45, 7) is 4.86. The Morgan fingerprint density at radius 1 is 1.38 bits per heavy atom. The van der Waals surface area contributed by atoms with E-state index in [9.17, 15) is 0 Å². The fraction of sp³-hybridized carbons (Fsp3) is 0.444. The Balaban J connectivity index is 2.31. The summed E-state index contributed by atoms with van der Waals surface area (Å²) in [5, 5.41) is 3.26. The van der Waals surface area contributed by atoms with Crippen LogP contribution in [-0.4, -0.2) is 28.4 Å². The molecule has 1 N–H and O–H groups in total. The van der Waals surface area contributed by atoms with Crippen LogP contribution in [0.15, 0.2) is 17.4 Å². The Morgan fingerprint density at radius 3 is 2.77 bits per heavy atom. The Morgan fingerprint density at radius 2 is 2.15 bits per heavy atom. The van der Waals surface area contributed by atoms with E-state index >= 15 is 0 Å². The van der Waals surface area contributed by atoms with Gasteiger partial charge in [-0.3, -0.25) is 9.98 Å². The molecular weight excluding hydrogens is 164 g/mol. The Hall–Kier alpha value is -1.45. The van der Waals surface area contributed by atoms with E-state index in [2.05, 4.69) is 27.2 Å². The summed E-state index contributed by atoms with van der Waals surface area (Å²) in [4.78, 5) is 12.8. The molecule has 0 bridgehead atoms. The zero-order chi connectivity index (χ0) is 9.26. The van der Waals surface area contributed by atoms with Gasteiger partial charge in [0.1, 0.15) is 11.5 Å². The first-order chi connectivity index (χ1) is 6.27. The summed E-state index contributed by atoms with van der Waals surface area (Å²) in [5.41, 5.74) is 1.79. The van der Waals surface area contributed by atoms with E-state index in [1.54, 1.807) is 12.4 Å². The second-order valence-electron chi connectivity index (χ2n) is 3.23. The molecule has 13 heavy (non-hydrogen) atoms. The van der Waals surface area contributed by atoms with Gasteiger partial charge in [-0.2, -0.15) is 0 Å². The molecule has 1 atom stereocenters. The molecule has 1 aromatic rings. The topological polar surface area (TPSA) is 50.2 Å². The molecule has 0 aromatic carbocycles. The van der Waals surface area contributed by atoms with Crippen LogP contribution < -0.4 is 5.32 Å². The van der Waals surface area contributed by atoms with Crippen molar-refractivity contribution in [2.75, 3.05) is 6.54 Å². The second kappa shape index (κ2) is 3.12. The van der Waals surface area contributed by atoms with Crippen LogP contribution in [-0.2, 0) is 0 Å². The summed E-state index contributed by atoms with van der Waals surface area (Å²) in [7, 11) is 0. The standard InChI is InChI=1S/C9H12N4/c1-6-5-12-9(13-6)8-7(2)10-3-4-11-8/h3-4,6H,5H2,1-2H3,(H,12,13). The van der Waals surface area contributed by atoms with E-state index < -0.39 is 0 Å². The number of aryl methyl sites for hydroxylation is 1. The predicted octanol–water partition coefficient (Wildman–Crippen LogP) is 0.523. The number of aliphatic imine (C=N–C) groups is 1. The molecule has 0 fully saturated rings. The number of amidine groups is 1. The van der Waals surface area contributed by atoms with Gasteiger partial charge in [-0.1, -0.05) is 0 Å². The first-order valence-electron chi connectivity index (χ1n) is 4.36. The van der Waals surface area contributed by atoms with Gasteiger partial charge in [0.05, 0.1) is 12.2 Å². The smallest absolute Gasteiger partial charge is 0.149 e. The fourth-order valence-corrected chi connectivity index (χ4v) is 1.34. The maximum absolute atomic E-state index is 4.35. The molecule has 0 saturated heterocycles. The van der Waals surface area contributed by atoms with Crippen LogP contribution in [0, 0.1) is 6.92 Å². The lowest BCUT2D eigenvalue weighted by molar-refractivity contribution is 0.725. The van der Waals surface area contributed by atoms with E-state index in [-0.39, 0.29) is 0 Å². The van der Waals surface area contributed by atoms with Gasteiger partial charge in [0, 0.05) is 18.4 Å². The van der Waals surface area contributed by atoms with Gasteiger partial charge < -0.3 is 5.32 Å². The quantitative estimate of drug-likeness (QED) is 0.678. The Labute approximate surface area is 77.1 Å². The summed E-state index contributed by atoms with van der Waals surface area (Å²) >= 11 is 0. The maximum Gasteiger partial charge on any atom is 0.149 e. The largest absolute Gasteiger partial charge is 0.364 e. The third-order valence-electron chi connectivity index (χ3n) is 2.01. The van der Waals surface area contributed by atoms with Crippen molar-refractivity contribution in [1.29, 1.82) is 0 Å². The van der Waals surface area contributed by atoms with Crippen molar-refractivity contribution in [3.8, 4) is 0 Å². The molecular formula is C9H12N4. The third-order valence-corrected chi connectivity index (χ3v) is 2.01. The first kappa shape index (κ1) is 8.16. The highest BCUT2D eigenvalue weighted by Gasteiger charge is 2.16. The van der Waals surface area contributed by atoms with Crippen LogP contribution in [0.25, 0.3) is 0 Å². The molecule has 1 unspecified atom stereocenters. The highest BCUT2D eigenvalue weighted by Crippen LogP contribution is 2.05. The van der Waals surface area contributed by atoms with Crippen molar-refractivity contribution in [3.63, 3.8) is 0 Å². The molecule has 0 radical (unpaired) electrons. The number of aromatic nitrogens is 2. The number of nitrogens with zero attached hydrogens (tertiary/aromatic N) is 3. The number of rotatable bonds is 1. The van der Waals surface area contributed by atoms with Gasteiger partial charge in [-0.25, -0.2) is 4.98 Å². The molecule has 1 aliphatic rings. The zero-order valence-corrected chi connectivity index (χ0v) is 7.78. The van der Waals surface area contributed by atoms with E-state index in [4.69, 9.17) is 0 Å². The van der Waals surface area contributed by atoms with Crippen LogP contribution >= 0.6 is 0 Å². The van der Waals surface area contributed by atoms with Crippen LogP contribution in [0.1, 0.15) is 18.3 Å². The second-order valence-corrected chi connectivity index (χ2v) is 3.23. The summed E-state index contributed by atoms with van der Waals surface area (Å²) in [6, 6.07) is 0.413. The Kier molecular flexibility index (Phi) is 1.96. The normalized spacial score (nSPS) is 21.1. The molecule has 1 aromatic heterocycles. The van der Waals surface area contributed by atoms with E-state index in [1.807, 2.05) is 6.92 Å². The molecule has 1 aliphatic heterocycles. The molecule has 2 rings (SSSR count). The molecule has 0 saturated carbocycles. The highest BCUT2D eigenvalue weighted by atomic mass is 15.1. The van der Waals surface area contributed by atoms with Crippen LogP contribution in [0.4, 0.5) is 0 Å². The number of hydrogen-bond donors (Lipinski definition) is 1. The number of hydrogen-bond acceptors (Lipinski definition) is 4. The van der Waals surface area contributed by atoms with Crippen LogP contribution in [0.2, 0.25) is 0 Å². The molecule has 0 aliphatic carbocycles. The molecule has 4 nitrogen and oxygen atoms in total. The monoisotopic (exact) mass is 176 g/mol. The van der Waals surface area contributed by atoms with Crippen LogP contribution in [0.3, 0.4) is 0 Å². The highest BCUT2D eigenvalue weighted by molar-refractivity contribution is 5.99. The average Bonchev–Trinajstić information content (AvgIpc) is 2.53. The first-order valence-corrected chi connectivity index (χ1v) is 4.36. The maximum atomic E-state index is 4.35. The SMILES string of the molecule is Cc1nccnc1C1=NCC(C)N1. The van der Waals surface area contributed by atoms with E-state index in [1.165, 1.54) is 0 Å². The zero-order valence-electron chi connectivity index (χ0n) is 7.78. The summed E-state index contributed by atoms with van der Waals surface area (Å²) in [6.07, 6.45) is 3.38. The van der Waals surface area contributed by atoms with Crippen molar-refractivity contribution < 1.29 is 0 Å². The van der Waals surface area contributed by atoms with Gasteiger partial charge in [0.2, 0.25) is 0 Å². The van der Waals surface area contributed by atoms with E-state index in [0.29, 0.717) is 6.04 Å². The van der Waals surface area contributed by atoms with Crippen molar-refractivity contribution in [2.24, 2.45) is 4.99 Å². The lowest BCUT2D eigenvalue weighted by Gasteiger charge is -2.06. The Bertz CT molecular complexity index is 345. The summed E-state index contributed by atoms with van der Waals surface area (Å²) < 4.78 is 0. The van der Waals surface area contributed by atoms with Crippen molar-refractivity contribution in [3.05, 3.63) is 23.8 Å². The van der Waals surface area contributed by atoms with Gasteiger partial charge >= 0.3 is 0 Å². The van der Waals surface area contributed by atoms with Gasteiger partial charge in [0.15, 0.2) is 0 Å². The minimum absolute atomic E-state index is 0.413. The van der Waals surface area contributed by atoms with Gasteiger partial charge in [-0.15, -0.1) is 0 Å². The molecule has 0 spiro atoms. The van der Waals surface area contributed by atoms with Gasteiger partial charge in [-0.05, 0) is 13.8 Å². The fourth-order valence-electron chi connectivity index (χ4n) is 1.34. The van der Waals surface area contributed by atoms with Crippen molar-refractivity contribution in [1.82, 2.24) is 15.3 Å². The summed E-state index contributed by atoms with van der Waals surface area (Å²) in [5.74, 6) is 0.873. The van der Waals surface area contributed by atoms with Crippen LogP contribution in [0.5, 0.6) is 0 Å². The molecule has 68 valence electrons. The minimum atomic E-state index is 0.413. The lowest BCUT2D eigenvalue weighted by atomic mass is 10.3. The molecule has 4 heteroatoms. The molecule has 0 amide bonds. The van der Waals surface area contributed by atoms with Crippen molar-refractivity contribution in [2.45, 2.75) is 19.9 Å². The number of nitrogens with one attached hydrogen (secondary N) is 1. The predicted molar refractivity (Wildman–Crippen MR) is 50.8 cm³/mol. The van der Waals surface area contributed by atoms with Crippen molar-refractivity contribution >= 4 is 5.84 Å². The average molecular weight is 176 g/mol. The third kappa shape index (κ3) is 1.52. The lowest BCUT2D eigenvalue weighted by Crippen LogP contribution is -2.29.